The van der Waals surface area contributed by atoms with Crippen molar-refractivity contribution in [2.24, 2.45) is 0 Å². The molecule has 0 bridgehead atoms. The Morgan fingerprint density at radius 3 is 2.41 bits per heavy atom. The number of hydrogen-bond donors (Lipinski definition) is 0. The van der Waals surface area contributed by atoms with Crippen molar-refractivity contribution in [3.8, 4) is 5.75 Å². The first-order valence-corrected chi connectivity index (χ1v) is 6.52. The van der Waals surface area contributed by atoms with E-state index >= 15 is 0 Å². The van der Waals surface area contributed by atoms with Crippen LogP contribution in [0.5, 0.6) is 5.75 Å². The van der Waals surface area contributed by atoms with Crippen LogP contribution in [0, 0.1) is 0 Å². The van der Waals surface area contributed by atoms with Crippen LogP contribution in [0.4, 0.5) is 0 Å². The second-order valence-electron chi connectivity index (χ2n) is 4.26. The summed E-state index contributed by atoms with van der Waals surface area (Å²) in [5, 5.41) is 0. The fourth-order valence-electron chi connectivity index (χ4n) is 2.20. The van der Waals surface area contributed by atoms with E-state index in [1.54, 1.807) is 14.0 Å². The standard InChI is InChI=1S/C13H16BrNO2/c1-9(16)15-5-3-10-7-12(14)13(17-2)8-11(10)4-6-15/h7-8H,3-6H2,1-2H3. The second-order valence-corrected chi connectivity index (χ2v) is 5.12. The zero-order chi connectivity index (χ0) is 12.4. The summed E-state index contributed by atoms with van der Waals surface area (Å²) in [4.78, 5) is 13.3. The van der Waals surface area contributed by atoms with Gasteiger partial charge in [0.2, 0.25) is 5.91 Å². The lowest BCUT2D eigenvalue weighted by Crippen LogP contribution is -2.30. The van der Waals surface area contributed by atoms with Crippen molar-refractivity contribution in [3.63, 3.8) is 0 Å². The van der Waals surface area contributed by atoms with Crippen LogP contribution in [0.2, 0.25) is 0 Å². The second kappa shape index (κ2) is 5.08. The SMILES string of the molecule is COc1cc2c(cc1Br)CCN(C(C)=O)CC2. The third kappa shape index (κ3) is 2.63. The van der Waals surface area contributed by atoms with Crippen LogP contribution in [0.15, 0.2) is 16.6 Å². The molecule has 1 aromatic rings. The molecule has 0 N–H and O–H groups in total. The fraction of sp³-hybridized carbons (Fsp3) is 0.462. The lowest BCUT2D eigenvalue weighted by molar-refractivity contribution is -0.128. The Kier molecular flexibility index (Phi) is 3.72. The zero-order valence-electron chi connectivity index (χ0n) is 10.1. The van der Waals surface area contributed by atoms with Crippen LogP contribution < -0.4 is 4.74 Å². The Hall–Kier alpha value is -1.03. The van der Waals surface area contributed by atoms with Gasteiger partial charge in [-0.1, -0.05) is 0 Å². The van der Waals surface area contributed by atoms with Gasteiger partial charge in [0.25, 0.3) is 0 Å². The topological polar surface area (TPSA) is 29.5 Å². The van der Waals surface area contributed by atoms with E-state index in [4.69, 9.17) is 4.74 Å². The van der Waals surface area contributed by atoms with Crippen LogP contribution >= 0.6 is 15.9 Å². The number of fused-ring (bicyclic) bond motifs is 1. The molecule has 0 atom stereocenters. The third-order valence-electron chi connectivity index (χ3n) is 3.22. The molecule has 17 heavy (non-hydrogen) atoms. The van der Waals surface area contributed by atoms with Crippen molar-refractivity contribution in [1.29, 1.82) is 0 Å². The summed E-state index contributed by atoms with van der Waals surface area (Å²) in [7, 11) is 1.67. The Bertz CT molecular complexity index is 445. The molecule has 0 saturated heterocycles. The normalized spacial score (nSPS) is 15.1. The average Bonchev–Trinajstić information content (AvgIpc) is 2.50. The van der Waals surface area contributed by atoms with Crippen LogP contribution in [-0.4, -0.2) is 31.0 Å². The summed E-state index contributed by atoms with van der Waals surface area (Å²) >= 11 is 3.50. The molecule has 92 valence electrons. The highest BCUT2D eigenvalue weighted by Crippen LogP contribution is 2.30. The van der Waals surface area contributed by atoms with Gasteiger partial charge in [-0.25, -0.2) is 0 Å². The molecule has 1 aliphatic rings. The number of benzene rings is 1. The number of methoxy groups -OCH3 is 1. The lowest BCUT2D eigenvalue weighted by atomic mass is 10.0. The molecule has 1 aromatic carbocycles. The number of hydrogen-bond acceptors (Lipinski definition) is 2. The van der Waals surface area contributed by atoms with Crippen molar-refractivity contribution >= 4 is 21.8 Å². The van der Waals surface area contributed by atoms with Crippen molar-refractivity contribution in [3.05, 3.63) is 27.7 Å². The minimum atomic E-state index is 0.156. The number of halogens is 1. The van der Waals surface area contributed by atoms with Gasteiger partial charge in [0, 0.05) is 20.0 Å². The first kappa shape index (κ1) is 12.4. The largest absolute Gasteiger partial charge is 0.496 e. The average molecular weight is 298 g/mol. The Balaban J connectivity index is 2.28. The number of ether oxygens (including phenoxy) is 1. The van der Waals surface area contributed by atoms with E-state index in [9.17, 15) is 4.79 Å². The number of rotatable bonds is 1. The summed E-state index contributed by atoms with van der Waals surface area (Å²) < 4.78 is 6.28. The van der Waals surface area contributed by atoms with Gasteiger partial charge in [0.1, 0.15) is 5.75 Å². The summed E-state index contributed by atoms with van der Waals surface area (Å²) in [6.45, 7) is 3.24. The van der Waals surface area contributed by atoms with Crippen molar-refractivity contribution in [1.82, 2.24) is 4.90 Å². The van der Waals surface area contributed by atoms with E-state index in [1.807, 2.05) is 4.90 Å². The van der Waals surface area contributed by atoms with Crippen LogP contribution in [0.25, 0.3) is 0 Å². The van der Waals surface area contributed by atoms with E-state index < -0.39 is 0 Å². The molecule has 1 amide bonds. The van der Waals surface area contributed by atoms with E-state index in [0.29, 0.717) is 0 Å². The molecule has 1 aliphatic heterocycles. The molecule has 0 unspecified atom stereocenters. The lowest BCUT2D eigenvalue weighted by Gasteiger charge is -2.17. The molecule has 0 spiro atoms. The molecular formula is C13H16BrNO2. The van der Waals surface area contributed by atoms with E-state index in [-0.39, 0.29) is 5.91 Å². The first-order chi connectivity index (χ1) is 8.11. The highest BCUT2D eigenvalue weighted by atomic mass is 79.9. The van der Waals surface area contributed by atoms with Crippen molar-refractivity contribution in [2.45, 2.75) is 19.8 Å². The van der Waals surface area contributed by atoms with Crippen LogP contribution in [0.3, 0.4) is 0 Å². The van der Waals surface area contributed by atoms with Gasteiger partial charge in [-0.15, -0.1) is 0 Å². The summed E-state index contributed by atoms with van der Waals surface area (Å²) in [5.41, 5.74) is 2.59. The molecule has 1 heterocycles. The summed E-state index contributed by atoms with van der Waals surface area (Å²) in [6.07, 6.45) is 1.82. The van der Waals surface area contributed by atoms with Crippen LogP contribution in [0.1, 0.15) is 18.1 Å². The number of carbonyl (C=O) groups is 1. The summed E-state index contributed by atoms with van der Waals surface area (Å²) in [6, 6.07) is 4.18. The zero-order valence-corrected chi connectivity index (χ0v) is 11.7. The molecule has 0 radical (unpaired) electrons. The van der Waals surface area contributed by atoms with E-state index in [2.05, 4.69) is 28.1 Å². The molecule has 4 heteroatoms. The van der Waals surface area contributed by atoms with E-state index in [0.717, 1.165) is 36.2 Å². The first-order valence-electron chi connectivity index (χ1n) is 5.72. The maximum absolute atomic E-state index is 11.4. The van der Waals surface area contributed by atoms with Crippen molar-refractivity contribution in [2.75, 3.05) is 20.2 Å². The molecule has 2 rings (SSSR count). The minimum Gasteiger partial charge on any atom is -0.496 e. The molecule has 0 aliphatic carbocycles. The van der Waals surface area contributed by atoms with Gasteiger partial charge in [-0.05, 0) is 52.0 Å². The maximum atomic E-state index is 11.4. The van der Waals surface area contributed by atoms with Gasteiger partial charge < -0.3 is 9.64 Å². The molecular weight excluding hydrogens is 282 g/mol. The predicted octanol–water partition coefficient (Wildman–Crippen LogP) is 2.40. The maximum Gasteiger partial charge on any atom is 0.219 e. The third-order valence-corrected chi connectivity index (χ3v) is 3.84. The fourth-order valence-corrected chi connectivity index (χ4v) is 2.75. The van der Waals surface area contributed by atoms with Gasteiger partial charge in [0.15, 0.2) is 0 Å². The minimum absolute atomic E-state index is 0.156. The molecule has 0 aromatic heterocycles. The number of amides is 1. The van der Waals surface area contributed by atoms with E-state index in [1.165, 1.54) is 11.1 Å². The molecule has 0 fully saturated rings. The quantitative estimate of drug-likeness (QED) is 0.797. The van der Waals surface area contributed by atoms with Crippen molar-refractivity contribution < 1.29 is 9.53 Å². The Labute approximate surface area is 110 Å². The smallest absolute Gasteiger partial charge is 0.219 e. The Morgan fingerprint density at radius 2 is 1.88 bits per heavy atom. The molecule has 3 nitrogen and oxygen atoms in total. The summed E-state index contributed by atoms with van der Waals surface area (Å²) in [5.74, 6) is 1.02. The van der Waals surface area contributed by atoms with Gasteiger partial charge in [-0.2, -0.15) is 0 Å². The number of nitrogens with zero attached hydrogens (tertiary/aromatic N) is 1. The van der Waals surface area contributed by atoms with Gasteiger partial charge >= 0.3 is 0 Å². The Morgan fingerprint density at radius 1 is 1.29 bits per heavy atom. The molecule has 0 saturated carbocycles. The van der Waals surface area contributed by atoms with Gasteiger partial charge in [-0.3, -0.25) is 4.79 Å². The highest BCUT2D eigenvalue weighted by Gasteiger charge is 2.17. The van der Waals surface area contributed by atoms with Crippen LogP contribution in [-0.2, 0) is 17.6 Å². The van der Waals surface area contributed by atoms with Gasteiger partial charge in [0.05, 0.1) is 11.6 Å². The highest BCUT2D eigenvalue weighted by molar-refractivity contribution is 9.10. The predicted molar refractivity (Wildman–Crippen MR) is 70.4 cm³/mol. The monoisotopic (exact) mass is 297 g/mol. The number of carbonyl (C=O) groups excluding carboxylic acids is 1.